The summed E-state index contributed by atoms with van der Waals surface area (Å²) >= 11 is 1.65. The van der Waals surface area contributed by atoms with E-state index >= 15 is 0 Å². The highest BCUT2D eigenvalue weighted by Gasteiger charge is 2.15. The van der Waals surface area contributed by atoms with Gasteiger partial charge in [-0.15, -0.1) is 0 Å². The molecule has 0 bridgehead atoms. The van der Waals surface area contributed by atoms with Gasteiger partial charge in [-0.05, 0) is 49.5 Å². The third-order valence-electron chi connectivity index (χ3n) is 3.41. The van der Waals surface area contributed by atoms with Crippen molar-refractivity contribution in [1.29, 1.82) is 0 Å². The summed E-state index contributed by atoms with van der Waals surface area (Å²) in [4.78, 5) is 4.56. The van der Waals surface area contributed by atoms with Crippen LogP contribution < -0.4 is 5.32 Å². The van der Waals surface area contributed by atoms with Crippen molar-refractivity contribution in [2.45, 2.75) is 13.3 Å². The molecule has 2 aromatic heterocycles. The van der Waals surface area contributed by atoms with Crippen LogP contribution in [0, 0.1) is 6.92 Å². The number of thiophene rings is 1. The molecule has 0 aliphatic heterocycles. The molecule has 0 saturated carbocycles. The second-order valence-corrected chi connectivity index (χ2v) is 5.65. The lowest BCUT2D eigenvalue weighted by Crippen LogP contribution is -2.10. The number of hydrogen-bond donors (Lipinski definition) is 1. The molecule has 0 saturated heterocycles. The molecule has 0 amide bonds. The fourth-order valence-corrected chi connectivity index (χ4v) is 3.07. The lowest BCUT2D eigenvalue weighted by atomic mass is 10.0. The summed E-state index contributed by atoms with van der Waals surface area (Å²) in [6.07, 6.45) is 0.932. The Hall–Kier alpha value is -1.98. The maximum atomic E-state index is 5.47. The third kappa shape index (κ3) is 2.89. The SMILES string of the molecule is CNCCc1ccccc1-c1nc(-c2cscc2C)no1. The van der Waals surface area contributed by atoms with E-state index in [1.807, 2.05) is 25.2 Å². The molecule has 0 unspecified atom stereocenters. The number of likely N-dealkylation sites (N-methyl/N-ethyl adjacent to an activating group) is 1. The first-order valence-corrected chi connectivity index (χ1v) is 7.83. The van der Waals surface area contributed by atoms with Crippen LogP contribution in [0.25, 0.3) is 22.8 Å². The minimum atomic E-state index is 0.585. The standard InChI is InChI=1S/C16H17N3OS/c1-11-9-21-10-14(11)15-18-16(20-19-15)13-6-4-3-5-12(13)7-8-17-2/h3-6,9-10,17H,7-8H2,1-2H3. The number of rotatable bonds is 5. The van der Waals surface area contributed by atoms with Gasteiger partial charge in [0.1, 0.15) is 0 Å². The van der Waals surface area contributed by atoms with E-state index in [9.17, 15) is 0 Å². The van der Waals surface area contributed by atoms with E-state index < -0.39 is 0 Å². The van der Waals surface area contributed by atoms with Gasteiger partial charge in [-0.3, -0.25) is 0 Å². The lowest BCUT2D eigenvalue weighted by Gasteiger charge is -2.05. The molecule has 0 aliphatic carbocycles. The van der Waals surface area contributed by atoms with Crippen LogP contribution in [0.3, 0.4) is 0 Å². The average molecular weight is 299 g/mol. The Balaban J connectivity index is 1.95. The first kappa shape index (κ1) is 14.0. The van der Waals surface area contributed by atoms with Gasteiger partial charge >= 0.3 is 0 Å². The largest absolute Gasteiger partial charge is 0.334 e. The van der Waals surface area contributed by atoms with Crippen molar-refractivity contribution in [3.63, 3.8) is 0 Å². The van der Waals surface area contributed by atoms with Crippen LogP contribution in [-0.2, 0) is 6.42 Å². The zero-order valence-electron chi connectivity index (χ0n) is 12.1. The first-order valence-electron chi connectivity index (χ1n) is 6.89. The van der Waals surface area contributed by atoms with E-state index in [4.69, 9.17) is 4.52 Å². The van der Waals surface area contributed by atoms with Crippen LogP contribution in [0.15, 0.2) is 39.5 Å². The molecule has 2 heterocycles. The quantitative estimate of drug-likeness (QED) is 0.783. The molecule has 0 radical (unpaired) electrons. The molecule has 4 nitrogen and oxygen atoms in total. The van der Waals surface area contributed by atoms with E-state index in [2.05, 4.69) is 39.2 Å². The van der Waals surface area contributed by atoms with Crippen molar-refractivity contribution >= 4 is 11.3 Å². The molecule has 0 aliphatic rings. The van der Waals surface area contributed by atoms with Crippen molar-refractivity contribution in [2.24, 2.45) is 0 Å². The molecular weight excluding hydrogens is 282 g/mol. The van der Waals surface area contributed by atoms with Gasteiger partial charge in [0.2, 0.25) is 5.82 Å². The molecule has 0 atom stereocenters. The van der Waals surface area contributed by atoms with Crippen molar-refractivity contribution in [3.8, 4) is 22.8 Å². The van der Waals surface area contributed by atoms with Crippen LogP contribution in [0.4, 0.5) is 0 Å². The molecule has 21 heavy (non-hydrogen) atoms. The fraction of sp³-hybridized carbons (Fsp3) is 0.250. The van der Waals surface area contributed by atoms with Gasteiger partial charge in [0.25, 0.3) is 5.89 Å². The second-order valence-electron chi connectivity index (χ2n) is 4.90. The van der Waals surface area contributed by atoms with Gasteiger partial charge in [-0.1, -0.05) is 23.4 Å². The summed E-state index contributed by atoms with van der Waals surface area (Å²) in [5.74, 6) is 1.24. The number of aromatic nitrogens is 2. The summed E-state index contributed by atoms with van der Waals surface area (Å²) in [7, 11) is 1.95. The monoisotopic (exact) mass is 299 g/mol. The maximum Gasteiger partial charge on any atom is 0.258 e. The zero-order chi connectivity index (χ0) is 14.7. The Kier molecular flexibility index (Phi) is 4.13. The Morgan fingerprint density at radius 1 is 1.19 bits per heavy atom. The van der Waals surface area contributed by atoms with E-state index in [0.717, 1.165) is 24.1 Å². The van der Waals surface area contributed by atoms with Crippen molar-refractivity contribution in [1.82, 2.24) is 15.5 Å². The number of nitrogens with one attached hydrogen (secondary N) is 1. The number of benzene rings is 1. The predicted octanol–water partition coefficient (Wildman–Crippen LogP) is 3.54. The number of aryl methyl sites for hydroxylation is 1. The molecule has 3 rings (SSSR count). The van der Waals surface area contributed by atoms with E-state index in [1.165, 1.54) is 11.1 Å². The summed E-state index contributed by atoms with van der Waals surface area (Å²) in [6, 6.07) is 8.17. The average Bonchev–Trinajstić information content (AvgIpc) is 3.14. The van der Waals surface area contributed by atoms with Crippen molar-refractivity contribution < 1.29 is 4.52 Å². The van der Waals surface area contributed by atoms with Crippen LogP contribution >= 0.6 is 11.3 Å². The molecule has 1 N–H and O–H groups in total. The van der Waals surface area contributed by atoms with Gasteiger partial charge in [-0.2, -0.15) is 16.3 Å². The number of nitrogens with zero attached hydrogens (tertiary/aromatic N) is 2. The van der Waals surface area contributed by atoms with Crippen molar-refractivity contribution in [2.75, 3.05) is 13.6 Å². The molecule has 1 aromatic carbocycles. The Morgan fingerprint density at radius 3 is 2.81 bits per heavy atom. The summed E-state index contributed by atoms with van der Waals surface area (Å²) in [6.45, 7) is 2.98. The lowest BCUT2D eigenvalue weighted by molar-refractivity contribution is 0.432. The smallest absolute Gasteiger partial charge is 0.258 e. The summed E-state index contributed by atoms with van der Waals surface area (Å²) < 4.78 is 5.47. The molecule has 5 heteroatoms. The minimum absolute atomic E-state index is 0.585. The highest BCUT2D eigenvalue weighted by atomic mass is 32.1. The van der Waals surface area contributed by atoms with Crippen LogP contribution in [0.2, 0.25) is 0 Å². The van der Waals surface area contributed by atoms with E-state index in [1.54, 1.807) is 11.3 Å². The normalized spacial score (nSPS) is 11.0. The molecular formula is C16H17N3OS. The molecule has 3 aromatic rings. The molecule has 0 fully saturated rings. The molecule has 108 valence electrons. The molecule has 0 spiro atoms. The highest BCUT2D eigenvalue weighted by molar-refractivity contribution is 7.08. The van der Waals surface area contributed by atoms with Crippen LogP contribution in [0.1, 0.15) is 11.1 Å². The summed E-state index contributed by atoms with van der Waals surface area (Å²) in [5, 5.41) is 11.4. The zero-order valence-corrected chi connectivity index (χ0v) is 12.9. The highest BCUT2D eigenvalue weighted by Crippen LogP contribution is 2.28. The Bertz CT molecular complexity index is 732. The van der Waals surface area contributed by atoms with Gasteiger partial charge in [0.05, 0.1) is 0 Å². The van der Waals surface area contributed by atoms with E-state index in [0.29, 0.717) is 11.7 Å². The van der Waals surface area contributed by atoms with Gasteiger partial charge < -0.3 is 9.84 Å². The Morgan fingerprint density at radius 2 is 2.05 bits per heavy atom. The van der Waals surface area contributed by atoms with Gasteiger partial charge in [0, 0.05) is 16.5 Å². The maximum absolute atomic E-state index is 5.47. The topological polar surface area (TPSA) is 51.0 Å². The van der Waals surface area contributed by atoms with Crippen molar-refractivity contribution in [3.05, 3.63) is 46.2 Å². The first-order chi connectivity index (χ1) is 10.3. The van der Waals surface area contributed by atoms with Gasteiger partial charge in [0.15, 0.2) is 0 Å². The number of hydrogen-bond acceptors (Lipinski definition) is 5. The minimum Gasteiger partial charge on any atom is -0.334 e. The van der Waals surface area contributed by atoms with Gasteiger partial charge in [-0.25, -0.2) is 0 Å². The van der Waals surface area contributed by atoms with Crippen LogP contribution in [-0.4, -0.2) is 23.7 Å². The second kappa shape index (κ2) is 6.20. The Labute approximate surface area is 127 Å². The van der Waals surface area contributed by atoms with E-state index in [-0.39, 0.29) is 0 Å². The predicted molar refractivity (Wildman–Crippen MR) is 85.4 cm³/mol. The third-order valence-corrected chi connectivity index (χ3v) is 4.28. The summed E-state index contributed by atoms with van der Waals surface area (Å²) in [5.41, 5.74) is 4.45. The van der Waals surface area contributed by atoms with Crippen LogP contribution in [0.5, 0.6) is 0 Å². The fourth-order valence-electron chi connectivity index (χ4n) is 2.24.